The van der Waals surface area contributed by atoms with Crippen LogP contribution < -0.4 is 16.4 Å². The van der Waals surface area contributed by atoms with Crippen LogP contribution in [0.4, 0.5) is 0 Å². The standard InChI is InChI=1S/C46H33BS2/c1-46(2,3)32-22-23-38-40(27-32)49-42-26-31(25-41-45(42)47(38)37-18-10-11-19-39(37)48-41)44-35-16-8-6-14-33(35)43(34-15-7-9-17-36(34)44)30-21-20-28-12-4-5-13-29(28)24-30/h4-27H,1-3H3. The van der Waals surface area contributed by atoms with Gasteiger partial charge in [0.1, 0.15) is 0 Å². The Hall–Kier alpha value is -4.70. The van der Waals surface area contributed by atoms with Crippen molar-refractivity contribution in [3.05, 3.63) is 151 Å². The molecule has 3 heteroatoms. The minimum atomic E-state index is 0.0911. The van der Waals surface area contributed by atoms with Gasteiger partial charge in [0.25, 0.3) is 0 Å². The lowest BCUT2D eigenvalue weighted by atomic mass is 9.36. The molecule has 0 spiro atoms. The number of hydrogen-bond donors (Lipinski definition) is 0. The van der Waals surface area contributed by atoms with E-state index in [0.717, 1.165) is 0 Å². The van der Waals surface area contributed by atoms with Gasteiger partial charge < -0.3 is 0 Å². The Balaban J connectivity index is 1.24. The molecule has 0 aromatic heterocycles. The Labute approximate surface area is 296 Å². The molecule has 2 aliphatic heterocycles. The van der Waals surface area contributed by atoms with Crippen LogP contribution >= 0.6 is 23.5 Å². The van der Waals surface area contributed by atoms with Crippen LogP contribution in [0, 0.1) is 0 Å². The number of benzene rings is 8. The number of rotatable bonds is 2. The molecule has 0 amide bonds. The fraction of sp³-hybridized carbons (Fsp3) is 0.0870. The topological polar surface area (TPSA) is 0 Å². The molecule has 2 aliphatic rings. The van der Waals surface area contributed by atoms with Crippen LogP contribution in [-0.4, -0.2) is 6.71 Å². The van der Waals surface area contributed by atoms with Crippen LogP contribution in [0.1, 0.15) is 26.3 Å². The summed E-state index contributed by atoms with van der Waals surface area (Å²) in [5.74, 6) is 0. The summed E-state index contributed by atoms with van der Waals surface area (Å²) in [6, 6.07) is 55.0. The normalized spacial score (nSPS) is 13.4. The summed E-state index contributed by atoms with van der Waals surface area (Å²) in [6.45, 7) is 7.19. The molecule has 8 aromatic carbocycles. The van der Waals surface area contributed by atoms with Crippen LogP contribution in [0.2, 0.25) is 0 Å². The van der Waals surface area contributed by atoms with Crippen LogP contribution in [0.5, 0.6) is 0 Å². The van der Waals surface area contributed by atoms with Crippen molar-refractivity contribution in [2.75, 3.05) is 0 Å². The maximum atomic E-state index is 2.50. The first-order valence-corrected chi connectivity index (χ1v) is 18.8. The Kier molecular flexibility index (Phi) is 6.51. The van der Waals surface area contributed by atoms with Gasteiger partial charge >= 0.3 is 0 Å². The first-order valence-electron chi connectivity index (χ1n) is 17.1. The lowest BCUT2D eigenvalue weighted by Gasteiger charge is -2.34. The third-order valence-electron chi connectivity index (χ3n) is 10.5. The van der Waals surface area contributed by atoms with E-state index < -0.39 is 0 Å². The van der Waals surface area contributed by atoms with Gasteiger partial charge in [0.15, 0.2) is 0 Å². The highest BCUT2D eigenvalue weighted by Crippen LogP contribution is 2.47. The molecule has 0 radical (unpaired) electrons. The van der Waals surface area contributed by atoms with Gasteiger partial charge in [-0.1, -0.05) is 170 Å². The first kappa shape index (κ1) is 29.2. The van der Waals surface area contributed by atoms with Gasteiger partial charge in [0, 0.05) is 19.6 Å². The smallest absolute Gasteiger partial charge is 0.0911 e. The minimum Gasteiger partial charge on any atom is -0.0911 e. The van der Waals surface area contributed by atoms with E-state index in [2.05, 4.69) is 166 Å². The van der Waals surface area contributed by atoms with E-state index in [4.69, 9.17) is 0 Å². The minimum absolute atomic E-state index is 0.0911. The van der Waals surface area contributed by atoms with E-state index in [9.17, 15) is 0 Å². The monoisotopic (exact) mass is 660 g/mol. The van der Waals surface area contributed by atoms with Gasteiger partial charge in [0.2, 0.25) is 6.71 Å². The average Bonchev–Trinajstić information content (AvgIpc) is 3.12. The second-order valence-corrected chi connectivity index (χ2v) is 16.6. The Morgan fingerprint density at radius 2 is 0.980 bits per heavy atom. The molecule has 0 atom stereocenters. The maximum absolute atomic E-state index is 2.50. The molecular weight excluding hydrogens is 627 g/mol. The van der Waals surface area contributed by atoms with E-state index in [0.29, 0.717) is 0 Å². The average molecular weight is 661 g/mol. The van der Waals surface area contributed by atoms with Gasteiger partial charge in [-0.3, -0.25) is 0 Å². The first-order chi connectivity index (χ1) is 23.9. The van der Waals surface area contributed by atoms with Crippen molar-refractivity contribution >= 4 is 78.9 Å². The van der Waals surface area contributed by atoms with Gasteiger partial charge in [-0.05, 0) is 101 Å². The van der Waals surface area contributed by atoms with Crippen LogP contribution in [0.15, 0.2) is 165 Å². The van der Waals surface area contributed by atoms with Crippen LogP contribution in [0.3, 0.4) is 0 Å². The number of hydrogen-bond acceptors (Lipinski definition) is 2. The van der Waals surface area contributed by atoms with Crippen molar-refractivity contribution in [3.63, 3.8) is 0 Å². The molecule has 10 rings (SSSR count). The molecule has 0 N–H and O–H groups in total. The summed E-state index contributed by atoms with van der Waals surface area (Å²) in [7, 11) is 0. The van der Waals surface area contributed by atoms with Gasteiger partial charge in [-0.25, -0.2) is 0 Å². The molecule has 0 nitrogen and oxygen atoms in total. The highest BCUT2D eigenvalue weighted by Gasteiger charge is 2.39. The quantitative estimate of drug-likeness (QED) is 0.134. The predicted molar refractivity (Wildman–Crippen MR) is 214 cm³/mol. The van der Waals surface area contributed by atoms with E-state index >= 15 is 0 Å². The van der Waals surface area contributed by atoms with Gasteiger partial charge in [-0.2, -0.15) is 0 Å². The SMILES string of the molecule is CC(C)(C)c1ccc2c(c1)Sc1cc(-c3c4ccccc4c(-c4ccc5ccccc5c4)c4ccccc34)cc3c1B2c1ccccc1S3. The van der Waals surface area contributed by atoms with Crippen molar-refractivity contribution in [2.24, 2.45) is 0 Å². The molecule has 0 aliphatic carbocycles. The summed E-state index contributed by atoms with van der Waals surface area (Å²) in [5.41, 5.74) is 11.0. The molecule has 0 saturated heterocycles. The largest absolute Gasteiger partial charge is 0.247 e. The summed E-state index contributed by atoms with van der Waals surface area (Å²) >= 11 is 3.90. The fourth-order valence-corrected chi connectivity index (χ4v) is 10.7. The highest BCUT2D eigenvalue weighted by atomic mass is 32.2. The third kappa shape index (κ3) is 4.56. The van der Waals surface area contributed by atoms with Crippen molar-refractivity contribution in [3.8, 4) is 22.3 Å². The summed E-state index contributed by atoms with van der Waals surface area (Å²) in [5, 5.41) is 7.72. The van der Waals surface area contributed by atoms with Crippen molar-refractivity contribution < 1.29 is 0 Å². The molecule has 0 bridgehead atoms. The zero-order valence-electron chi connectivity index (χ0n) is 27.8. The van der Waals surface area contributed by atoms with Gasteiger partial charge in [0.05, 0.1) is 0 Å². The van der Waals surface area contributed by atoms with Crippen LogP contribution in [0.25, 0.3) is 54.6 Å². The Bertz CT molecular complexity index is 2610. The summed E-state index contributed by atoms with van der Waals surface area (Å²) < 4.78 is 0. The second kappa shape index (κ2) is 10.9. The highest BCUT2D eigenvalue weighted by molar-refractivity contribution is 8.01. The van der Waals surface area contributed by atoms with Crippen molar-refractivity contribution in [2.45, 2.75) is 45.8 Å². The second-order valence-electron chi connectivity index (χ2n) is 14.5. The van der Waals surface area contributed by atoms with E-state index in [1.54, 1.807) is 0 Å². The summed E-state index contributed by atoms with van der Waals surface area (Å²) in [4.78, 5) is 5.50. The Morgan fingerprint density at radius 1 is 0.429 bits per heavy atom. The van der Waals surface area contributed by atoms with E-state index in [1.165, 1.54) is 96.1 Å². The molecule has 0 fully saturated rings. The van der Waals surface area contributed by atoms with E-state index in [-0.39, 0.29) is 12.1 Å². The maximum Gasteiger partial charge on any atom is 0.247 e. The fourth-order valence-electron chi connectivity index (χ4n) is 8.15. The Morgan fingerprint density at radius 3 is 1.65 bits per heavy atom. The molecule has 2 heterocycles. The predicted octanol–water partition coefficient (Wildman–Crippen LogP) is 11.2. The van der Waals surface area contributed by atoms with Crippen molar-refractivity contribution in [1.82, 2.24) is 0 Å². The molecular formula is C46H33BS2. The number of fused-ring (bicyclic) bond motifs is 7. The lowest BCUT2D eigenvalue weighted by Crippen LogP contribution is -2.58. The van der Waals surface area contributed by atoms with Crippen LogP contribution in [-0.2, 0) is 5.41 Å². The van der Waals surface area contributed by atoms with E-state index in [1.807, 2.05) is 23.5 Å². The zero-order chi connectivity index (χ0) is 32.9. The third-order valence-corrected chi connectivity index (χ3v) is 12.8. The van der Waals surface area contributed by atoms with Crippen molar-refractivity contribution in [1.29, 1.82) is 0 Å². The molecule has 0 saturated carbocycles. The molecule has 49 heavy (non-hydrogen) atoms. The lowest BCUT2D eigenvalue weighted by molar-refractivity contribution is 0.589. The molecule has 8 aromatic rings. The van der Waals surface area contributed by atoms with Gasteiger partial charge in [-0.15, -0.1) is 0 Å². The molecule has 0 unspecified atom stereocenters. The summed E-state index contributed by atoms with van der Waals surface area (Å²) in [6.07, 6.45) is 0. The molecule has 232 valence electrons. The zero-order valence-corrected chi connectivity index (χ0v) is 29.4.